The predicted molar refractivity (Wildman–Crippen MR) is 131 cm³/mol. The molecule has 198 valence electrons. The van der Waals surface area contributed by atoms with Crippen LogP contribution in [0, 0.1) is 16.7 Å². The van der Waals surface area contributed by atoms with Crippen molar-refractivity contribution in [2.75, 3.05) is 33.2 Å². The number of nitrogens with zero attached hydrogens (tertiary/aromatic N) is 3. The lowest BCUT2D eigenvalue weighted by Gasteiger charge is -2.37. The fraction of sp³-hybridized carbons (Fsp3) is 0.654. The van der Waals surface area contributed by atoms with E-state index in [1.165, 1.54) is 42.0 Å². The molecule has 0 aromatic heterocycles. The standard InChI is InChI=1S/C18H23F2N4O.C8H13NO2/c1-24-11-9-17(13-21,10-12-24)23-16(25)15(22)7-8-18(19,20)14-5-3-2-4-6-14;10-7(11)9-5-3-8(1-2-8)4-6-9/h2-6,15,22H,7-12H2,1H3,(H,23,25);1-6H2,(H,10,11)/q-1;/t15-;/m0./s1. The maximum Gasteiger partial charge on any atom is 0.407 e. The van der Waals surface area contributed by atoms with E-state index < -0.39 is 35.9 Å². The molecule has 3 fully saturated rings. The number of likely N-dealkylation sites (tertiary alicyclic amines) is 2. The van der Waals surface area contributed by atoms with Crippen molar-refractivity contribution in [3.8, 4) is 6.07 Å². The van der Waals surface area contributed by atoms with Crippen molar-refractivity contribution < 1.29 is 23.5 Å². The van der Waals surface area contributed by atoms with Gasteiger partial charge < -0.3 is 26.0 Å². The van der Waals surface area contributed by atoms with E-state index in [-0.39, 0.29) is 12.0 Å². The number of carbonyl (C=O) groups excluding carboxylic acids is 1. The van der Waals surface area contributed by atoms with E-state index >= 15 is 0 Å². The molecule has 3 aliphatic rings. The van der Waals surface area contributed by atoms with Crippen molar-refractivity contribution in [1.29, 1.82) is 5.26 Å². The molecule has 1 aromatic rings. The van der Waals surface area contributed by atoms with E-state index in [0.717, 1.165) is 25.9 Å². The highest BCUT2D eigenvalue weighted by molar-refractivity contribution is 5.84. The summed E-state index contributed by atoms with van der Waals surface area (Å²) in [4.78, 5) is 26.3. The van der Waals surface area contributed by atoms with Gasteiger partial charge >= 0.3 is 6.09 Å². The summed E-state index contributed by atoms with van der Waals surface area (Å²) >= 11 is 0. The number of benzene rings is 1. The number of halogens is 2. The van der Waals surface area contributed by atoms with E-state index in [2.05, 4.69) is 16.3 Å². The summed E-state index contributed by atoms with van der Waals surface area (Å²) in [5.41, 5.74) is 7.35. The molecule has 2 heterocycles. The summed E-state index contributed by atoms with van der Waals surface area (Å²) in [6.07, 6.45) is 4.20. The second-order valence-electron chi connectivity index (χ2n) is 10.4. The molecular formula is C26H36F2N5O3-. The van der Waals surface area contributed by atoms with Gasteiger partial charge in [0.1, 0.15) is 5.54 Å². The second-order valence-corrected chi connectivity index (χ2v) is 10.4. The van der Waals surface area contributed by atoms with Crippen LogP contribution in [0.3, 0.4) is 0 Å². The smallest absolute Gasteiger partial charge is 0.407 e. The Labute approximate surface area is 211 Å². The third kappa shape index (κ3) is 7.37. The van der Waals surface area contributed by atoms with Gasteiger partial charge in [-0.2, -0.15) is 5.26 Å². The van der Waals surface area contributed by atoms with Gasteiger partial charge in [-0.15, -0.1) is 0 Å². The summed E-state index contributed by atoms with van der Waals surface area (Å²) in [5.74, 6) is -3.74. The molecule has 1 aromatic carbocycles. The van der Waals surface area contributed by atoms with Gasteiger partial charge in [-0.25, -0.2) is 13.6 Å². The van der Waals surface area contributed by atoms with Crippen molar-refractivity contribution >= 4 is 12.0 Å². The Morgan fingerprint density at radius 2 is 1.69 bits per heavy atom. The van der Waals surface area contributed by atoms with Crippen LogP contribution in [0.15, 0.2) is 30.3 Å². The van der Waals surface area contributed by atoms with Crippen molar-refractivity contribution in [3.63, 3.8) is 0 Å². The molecular weight excluding hydrogens is 468 g/mol. The number of piperidine rings is 2. The van der Waals surface area contributed by atoms with Gasteiger partial charge in [-0.1, -0.05) is 42.8 Å². The average Bonchev–Trinajstić information content (AvgIpc) is 3.63. The minimum Gasteiger partial charge on any atom is -0.667 e. The molecule has 1 saturated carbocycles. The number of carbonyl (C=O) groups is 2. The molecule has 1 atom stereocenters. The molecule has 0 bridgehead atoms. The molecule has 8 nitrogen and oxygen atoms in total. The second kappa shape index (κ2) is 11.5. The van der Waals surface area contributed by atoms with Crippen LogP contribution < -0.4 is 5.32 Å². The molecule has 0 unspecified atom stereocenters. The molecule has 2 aliphatic heterocycles. The summed E-state index contributed by atoms with van der Waals surface area (Å²) in [6, 6.07) is 8.20. The first kappa shape index (κ1) is 27.8. The predicted octanol–water partition coefficient (Wildman–Crippen LogP) is 4.62. The Bertz CT molecular complexity index is 931. The normalized spacial score (nSPS) is 21.5. The first-order valence-electron chi connectivity index (χ1n) is 12.5. The van der Waals surface area contributed by atoms with Crippen LogP contribution in [0.2, 0.25) is 0 Å². The Balaban J connectivity index is 0.000000270. The fourth-order valence-electron chi connectivity index (χ4n) is 4.72. The van der Waals surface area contributed by atoms with Gasteiger partial charge in [0, 0.05) is 38.2 Å². The zero-order chi connectivity index (χ0) is 26.4. The third-order valence-electron chi connectivity index (χ3n) is 7.73. The number of alkyl halides is 2. The van der Waals surface area contributed by atoms with E-state index in [4.69, 9.17) is 10.8 Å². The molecule has 1 spiro atoms. The highest BCUT2D eigenvalue weighted by atomic mass is 19.3. The Morgan fingerprint density at radius 3 is 2.19 bits per heavy atom. The highest BCUT2D eigenvalue weighted by Gasteiger charge is 2.45. The quantitative estimate of drug-likeness (QED) is 0.585. The monoisotopic (exact) mass is 504 g/mol. The molecule has 4 rings (SSSR count). The van der Waals surface area contributed by atoms with Crippen LogP contribution in [0.4, 0.5) is 13.6 Å². The van der Waals surface area contributed by atoms with Crippen molar-refractivity contribution in [2.45, 2.75) is 68.9 Å². The van der Waals surface area contributed by atoms with Gasteiger partial charge in [0.25, 0.3) is 5.92 Å². The van der Waals surface area contributed by atoms with Crippen LogP contribution in [-0.4, -0.2) is 71.7 Å². The molecule has 1 aliphatic carbocycles. The van der Waals surface area contributed by atoms with Gasteiger partial charge in [-0.05, 0) is 51.0 Å². The van der Waals surface area contributed by atoms with Crippen molar-refractivity contribution in [2.24, 2.45) is 5.41 Å². The SMILES string of the molecule is CN1CCC(C#N)(NC(=O)[C@@H]([NH-])CCC(F)(F)c2ccccc2)CC1.O=C(O)N1CCC2(CC1)CC2. The molecule has 10 heteroatoms. The van der Waals surface area contributed by atoms with Crippen molar-refractivity contribution in [1.82, 2.24) is 15.1 Å². The van der Waals surface area contributed by atoms with Crippen LogP contribution in [0.5, 0.6) is 0 Å². The van der Waals surface area contributed by atoms with Gasteiger partial charge in [-0.3, -0.25) is 4.79 Å². The summed E-state index contributed by atoms with van der Waals surface area (Å²) < 4.78 is 28.3. The fourth-order valence-corrected chi connectivity index (χ4v) is 4.72. The number of hydrogen-bond donors (Lipinski definition) is 2. The lowest BCUT2D eigenvalue weighted by Crippen LogP contribution is -2.55. The zero-order valence-electron chi connectivity index (χ0n) is 20.8. The topological polar surface area (TPSA) is 120 Å². The minimum atomic E-state index is -3.08. The minimum absolute atomic E-state index is 0.119. The van der Waals surface area contributed by atoms with E-state index in [0.29, 0.717) is 31.3 Å². The maximum absolute atomic E-state index is 14.2. The van der Waals surface area contributed by atoms with Gasteiger partial charge in [0.05, 0.1) is 6.07 Å². The maximum atomic E-state index is 14.2. The van der Waals surface area contributed by atoms with Crippen LogP contribution in [-0.2, 0) is 10.7 Å². The Hall–Kier alpha value is -2.77. The lowest BCUT2D eigenvalue weighted by molar-refractivity contribution is -0.123. The van der Waals surface area contributed by atoms with Crippen LogP contribution >= 0.6 is 0 Å². The van der Waals surface area contributed by atoms with E-state index in [1.54, 1.807) is 6.07 Å². The van der Waals surface area contributed by atoms with E-state index in [1.807, 2.05) is 7.05 Å². The number of nitrogens with one attached hydrogen (secondary N) is 2. The zero-order valence-corrected chi connectivity index (χ0v) is 20.8. The summed E-state index contributed by atoms with van der Waals surface area (Å²) in [7, 11) is 1.93. The van der Waals surface area contributed by atoms with Crippen molar-refractivity contribution in [3.05, 3.63) is 41.6 Å². The molecule has 0 radical (unpaired) electrons. The summed E-state index contributed by atoms with van der Waals surface area (Å²) in [5, 5.41) is 20.7. The number of hydrogen-bond acceptors (Lipinski definition) is 4. The number of nitriles is 1. The lowest BCUT2D eigenvalue weighted by atomic mass is 9.88. The number of carboxylic acid groups (broad SMARTS) is 1. The molecule has 3 N–H and O–H groups in total. The first-order chi connectivity index (χ1) is 17.0. The average molecular weight is 505 g/mol. The molecule has 36 heavy (non-hydrogen) atoms. The number of rotatable bonds is 6. The summed E-state index contributed by atoms with van der Waals surface area (Å²) in [6.45, 7) is 2.86. The Morgan fingerprint density at radius 1 is 1.11 bits per heavy atom. The first-order valence-corrected chi connectivity index (χ1v) is 12.5. The number of amides is 2. The van der Waals surface area contributed by atoms with Crippen LogP contribution in [0.25, 0.3) is 5.73 Å². The third-order valence-corrected chi connectivity index (χ3v) is 7.73. The molecule has 2 saturated heterocycles. The van der Waals surface area contributed by atoms with Crippen LogP contribution in [0.1, 0.15) is 56.9 Å². The molecule has 2 amide bonds. The largest absolute Gasteiger partial charge is 0.667 e. The highest BCUT2D eigenvalue weighted by Crippen LogP contribution is 2.53. The Kier molecular flexibility index (Phi) is 8.90. The van der Waals surface area contributed by atoms with Gasteiger partial charge in [0.15, 0.2) is 0 Å². The van der Waals surface area contributed by atoms with Gasteiger partial charge in [0.2, 0.25) is 5.91 Å². The van der Waals surface area contributed by atoms with E-state index in [9.17, 15) is 23.6 Å².